The molecular weight excluding hydrogens is 292 g/mol. The fourth-order valence-electron chi connectivity index (χ4n) is 2.16. The lowest BCUT2D eigenvalue weighted by Gasteiger charge is -2.04. The zero-order valence-electron chi connectivity index (χ0n) is 12.5. The lowest BCUT2D eigenvalue weighted by Crippen LogP contribution is -2.32. The van der Waals surface area contributed by atoms with Gasteiger partial charge in [-0.15, -0.1) is 0 Å². The normalized spacial score (nSPS) is 11.3. The number of carboxylic acid groups (broad SMARTS) is 1. The number of rotatable bonds is 4. The van der Waals surface area contributed by atoms with Crippen LogP contribution in [-0.4, -0.2) is 28.4 Å². The average Bonchev–Trinajstić information content (AvgIpc) is 2.99. The van der Waals surface area contributed by atoms with Crippen molar-refractivity contribution in [2.75, 3.05) is 0 Å². The SMILES string of the molecule is N[C@@H](Cc1c[nH]c2ccccc12)C(=O)O.O=Cc1ccccc1. The number of nitrogens with one attached hydrogen (secondary N) is 1. The minimum absolute atomic E-state index is 0.347. The fraction of sp³-hybridized carbons (Fsp3) is 0.111. The number of nitrogens with two attached hydrogens (primary N) is 1. The van der Waals surface area contributed by atoms with Gasteiger partial charge < -0.3 is 15.8 Å². The lowest BCUT2D eigenvalue weighted by molar-refractivity contribution is -0.138. The Labute approximate surface area is 133 Å². The zero-order valence-corrected chi connectivity index (χ0v) is 12.5. The first-order valence-corrected chi connectivity index (χ1v) is 7.15. The summed E-state index contributed by atoms with van der Waals surface area (Å²) in [7, 11) is 0. The van der Waals surface area contributed by atoms with Gasteiger partial charge in [-0.1, -0.05) is 48.5 Å². The number of aldehydes is 1. The van der Waals surface area contributed by atoms with E-state index in [4.69, 9.17) is 10.8 Å². The third-order valence-electron chi connectivity index (χ3n) is 3.37. The number of aromatic amines is 1. The Bertz CT molecular complexity index is 781. The molecule has 0 aliphatic carbocycles. The van der Waals surface area contributed by atoms with E-state index in [9.17, 15) is 9.59 Å². The van der Waals surface area contributed by atoms with Crippen LogP contribution in [0.2, 0.25) is 0 Å². The van der Waals surface area contributed by atoms with Crippen molar-refractivity contribution in [3.63, 3.8) is 0 Å². The Hall–Kier alpha value is -2.92. The van der Waals surface area contributed by atoms with Gasteiger partial charge in [0.25, 0.3) is 0 Å². The second-order valence-electron chi connectivity index (χ2n) is 5.04. The molecule has 0 saturated heterocycles. The van der Waals surface area contributed by atoms with Gasteiger partial charge in [0.2, 0.25) is 0 Å². The molecule has 0 amide bonds. The average molecular weight is 310 g/mol. The van der Waals surface area contributed by atoms with E-state index in [2.05, 4.69) is 4.98 Å². The molecule has 3 aromatic rings. The predicted molar refractivity (Wildman–Crippen MR) is 89.4 cm³/mol. The molecule has 4 N–H and O–H groups in total. The Morgan fingerprint density at radius 1 is 1.13 bits per heavy atom. The minimum Gasteiger partial charge on any atom is -0.480 e. The van der Waals surface area contributed by atoms with Crippen molar-refractivity contribution >= 4 is 23.2 Å². The zero-order chi connectivity index (χ0) is 16.7. The summed E-state index contributed by atoms with van der Waals surface area (Å²) >= 11 is 0. The number of fused-ring (bicyclic) bond motifs is 1. The number of aromatic nitrogens is 1. The summed E-state index contributed by atoms with van der Waals surface area (Å²) in [6, 6.07) is 16.0. The highest BCUT2D eigenvalue weighted by Crippen LogP contribution is 2.18. The van der Waals surface area contributed by atoms with Gasteiger partial charge in [0.15, 0.2) is 0 Å². The monoisotopic (exact) mass is 310 g/mol. The van der Waals surface area contributed by atoms with Crippen LogP contribution in [0.25, 0.3) is 10.9 Å². The molecule has 23 heavy (non-hydrogen) atoms. The third-order valence-corrected chi connectivity index (χ3v) is 3.37. The number of carboxylic acids is 1. The number of carbonyl (C=O) groups is 2. The summed E-state index contributed by atoms with van der Waals surface area (Å²) in [6.07, 6.45) is 2.99. The van der Waals surface area contributed by atoms with Crippen LogP contribution in [0, 0.1) is 0 Å². The molecule has 0 radical (unpaired) electrons. The number of carbonyl (C=O) groups excluding carboxylic acids is 1. The Morgan fingerprint density at radius 2 is 1.78 bits per heavy atom. The molecule has 0 fully saturated rings. The van der Waals surface area contributed by atoms with E-state index >= 15 is 0 Å². The summed E-state index contributed by atoms with van der Waals surface area (Å²) in [5.74, 6) is -0.972. The van der Waals surface area contributed by atoms with Crippen LogP contribution in [0.1, 0.15) is 15.9 Å². The Balaban J connectivity index is 0.000000203. The maximum Gasteiger partial charge on any atom is 0.320 e. The van der Waals surface area contributed by atoms with Gasteiger partial charge in [-0.2, -0.15) is 0 Å². The predicted octanol–water partition coefficient (Wildman–Crippen LogP) is 2.62. The van der Waals surface area contributed by atoms with Gasteiger partial charge in [-0.25, -0.2) is 0 Å². The molecule has 5 nitrogen and oxygen atoms in total. The number of hydrogen-bond acceptors (Lipinski definition) is 3. The summed E-state index contributed by atoms with van der Waals surface area (Å²) in [5.41, 5.74) is 8.16. The van der Waals surface area contributed by atoms with Crippen LogP contribution in [0.3, 0.4) is 0 Å². The molecule has 0 saturated carbocycles. The lowest BCUT2D eigenvalue weighted by atomic mass is 10.1. The first kappa shape index (κ1) is 16.5. The van der Waals surface area contributed by atoms with Gasteiger partial charge in [-0.05, 0) is 11.6 Å². The van der Waals surface area contributed by atoms with Crippen molar-refractivity contribution in [2.45, 2.75) is 12.5 Å². The molecule has 1 heterocycles. The number of benzene rings is 2. The smallest absolute Gasteiger partial charge is 0.320 e. The van der Waals surface area contributed by atoms with E-state index in [1.54, 1.807) is 12.1 Å². The summed E-state index contributed by atoms with van der Waals surface area (Å²) < 4.78 is 0. The van der Waals surface area contributed by atoms with Gasteiger partial charge in [0.05, 0.1) is 0 Å². The molecule has 0 aliphatic heterocycles. The van der Waals surface area contributed by atoms with E-state index in [1.165, 1.54) is 0 Å². The van der Waals surface area contributed by atoms with E-state index in [0.29, 0.717) is 6.42 Å². The second-order valence-corrected chi connectivity index (χ2v) is 5.04. The molecular formula is C18H18N2O3. The number of para-hydroxylation sites is 1. The van der Waals surface area contributed by atoms with Gasteiger partial charge >= 0.3 is 5.97 Å². The summed E-state index contributed by atoms with van der Waals surface area (Å²) in [4.78, 5) is 23.7. The van der Waals surface area contributed by atoms with E-state index in [1.807, 2.05) is 48.7 Å². The third kappa shape index (κ3) is 4.52. The van der Waals surface area contributed by atoms with E-state index in [-0.39, 0.29) is 0 Å². The number of H-pyrrole nitrogens is 1. The highest BCUT2D eigenvalue weighted by molar-refractivity contribution is 5.84. The highest BCUT2D eigenvalue weighted by atomic mass is 16.4. The quantitative estimate of drug-likeness (QED) is 0.645. The largest absolute Gasteiger partial charge is 0.480 e. The fourth-order valence-corrected chi connectivity index (χ4v) is 2.16. The highest BCUT2D eigenvalue weighted by Gasteiger charge is 2.14. The standard InChI is InChI=1S/C11H12N2O2.C7H6O/c12-9(11(14)15)5-7-6-13-10-4-2-1-3-8(7)10;8-6-7-4-2-1-3-5-7/h1-4,6,9,13H,5,12H2,(H,14,15);1-6H/t9-;/m0./s1. The molecule has 1 aromatic heterocycles. The molecule has 3 rings (SSSR count). The van der Waals surface area contributed by atoms with Crippen molar-refractivity contribution in [1.29, 1.82) is 0 Å². The topological polar surface area (TPSA) is 96.2 Å². The van der Waals surface area contributed by atoms with Crippen molar-refractivity contribution in [2.24, 2.45) is 5.73 Å². The maximum absolute atomic E-state index is 10.6. The van der Waals surface area contributed by atoms with Crippen LogP contribution >= 0.6 is 0 Å². The maximum atomic E-state index is 10.6. The van der Waals surface area contributed by atoms with Crippen molar-refractivity contribution < 1.29 is 14.7 Å². The van der Waals surface area contributed by atoms with E-state index in [0.717, 1.165) is 28.3 Å². The minimum atomic E-state index is -0.972. The molecule has 5 heteroatoms. The molecule has 2 aromatic carbocycles. The van der Waals surface area contributed by atoms with Gasteiger partial charge in [0.1, 0.15) is 12.3 Å². The molecule has 0 unspecified atom stereocenters. The van der Waals surface area contributed by atoms with Crippen LogP contribution < -0.4 is 5.73 Å². The number of aliphatic carboxylic acids is 1. The van der Waals surface area contributed by atoms with Crippen LogP contribution in [-0.2, 0) is 11.2 Å². The Morgan fingerprint density at radius 3 is 2.39 bits per heavy atom. The van der Waals surface area contributed by atoms with Crippen LogP contribution in [0.4, 0.5) is 0 Å². The van der Waals surface area contributed by atoms with Crippen molar-refractivity contribution in [1.82, 2.24) is 4.98 Å². The second kappa shape index (κ2) is 7.91. The summed E-state index contributed by atoms with van der Waals surface area (Å²) in [6.45, 7) is 0. The summed E-state index contributed by atoms with van der Waals surface area (Å²) in [5, 5.41) is 9.75. The van der Waals surface area contributed by atoms with E-state index < -0.39 is 12.0 Å². The van der Waals surface area contributed by atoms with Crippen LogP contribution in [0.5, 0.6) is 0 Å². The van der Waals surface area contributed by atoms with Crippen LogP contribution in [0.15, 0.2) is 60.8 Å². The Kier molecular flexibility index (Phi) is 5.66. The van der Waals surface area contributed by atoms with Gasteiger partial charge in [0, 0.05) is 29.1 Å². The molecule has 0 bridgehead atoms. The molecule has 0 aliphatic rings. The molecule has 118 valence electrons. The first-order valence-electron chi connectivity index (χ1n) is 7.15. The first-order chi connectivity index (χ1) is 11.1. The van der Waals surface area contributed by atoms with Gasteiger partial charge in [-0.3, -0.25) is 9.59 Å². The van der Waals surface area contributed by atoms with Crippen molar-refractivity contribution in [3.05, 3.63) is 71.9 Å². The molecule has 0 spiro atoms. The van der Waals surface area contributed by atoms with Crippen molar-refractivity contribution in [3.8, 4) is 0 Å². The number of hydrogen-bond donors (Lipinski definition) is 3. The molecule has 1 atom stereocenters.